The zero-order valence-corrected chi connectivity index (χ0v) is 25.3. The average Bonchev–Trinajstić information content (AvgIpc) is 3.00. The number of alkyl carbamates (subject to hydrolysis) is 1. The van der Waals surface area contributed by atoms with Crippen molar-refractivity contribution in [2.24, 2.45) is 0 Å². The van der Waals surface area contributed by atoms with E-state index in [9.17, 15) is 19.2 Å². The molecule has 0 bridgehead atoms. The van der Waals surface area contributed by atoms with E-state index in [1.54, 1.807) is 108 Å². The fraction of sp³-hybridized carbons (Fsp3) is 0.312. The molecule has 0 heterocycles. The highest BCUT2D eigenvalue weighted by Gasteiger charge is 2.24. The standard InChI is InChI=1S/C32H38N4O7/c1-32(2,3)43-31(40)33-20-28(37)36(21-29(38)34(4)23-13-8-7-9-14-23)24-15-12-16-25(19-24)42-22-30(39)35(5)26-17-10-11-18-27(26)41-6/h7-19H,20-22H2,1-6H3,(H,33,40). The van der Waals surface area contributed by atoms with Crippen LogP contribution in [-0.2, 0) is 19.1 Å². The van der Waals surface area contributed by atoms with E-state index in [0.717, 1.165) is 0 Å². The van der Waals surface area contributed by atoms with Crippen LogP contribution in [0.4, 0.5) is 21.9 Å². The van der Waals surface area contributed by atoms with Crippen molar-refractivity contribution in [3.63, 3.8) is 0 Å². The molecule has 0 saturated carbocycles. The van der Waals surface area contributed by atoms with Crippen LogP contribution in [0, 0.1) is 0 Å². The van der Waals surface area contributed by atoms with Crippen molar-refractivity contribution in [2.75, 3.05) is 55.6 Å². The number of rotatable bonds is 11. The summed E-state index contributed by atoms with van der Waals surface area (Å²) in [5.74, 6) is -0.397. The van der Waals surface area contributed by atoms with Gasteiger partial charge in [0.1, 0.15) is 30.2 Å². The number of nitrogens with zero attached hydrogens (tertiary/aromatic N) is 3. The van der Waals surface area contributed by atoms with Gasteiger partial charge in [-0.05, 0) is 57.2 Å². The summed E-state index contributed by atoms with van der Waals surface area (Å²) in [7, 11) is 4.76. The highest BCUT2D eigenvalue weighted by Crippen LogP contribution is 2.27. The lowest BCUT2D eigenvalue weighted by molar-refractivity contribution is -0.122. The third-order valence-corrected chi connectivity index (χ3v) is 6.21. The van der Waals surface area contributed by atoms with Crippen molar-refractivity contribution in [2.45, 2.75) is 26.4 Å². The molecule has 228 valence electrons. The fourth-order valence-corrected chi connectivity index (χ4v) is 3.94. The highest BCUT2D eigenvalue weighted by molar-refractivity contribution is 6.04. The number of methoxy groups -OCH3 is 1. The van der Waals surface area contributed by atoms with E-state index in [0.29, 0.717) is 28.6 Å². The van der Waals surface area contributed by atoms with Crippen LogP contribution in [0.15, 0.2) is 78.9 Å². The Morgan fingerprint density at radius 1 is 0.767 bits per heavy atom. The van der Waals surface area contributed by atoms with Crippen LogP contribution in [0.2, 0.25) is 0 Å². The first kappa shape index (κ1) is 32.5. The van der Waals surface area contributed by atoms with E-state index in [4.69, 9.17) is 14.2 Å². The number of para-hydroxylation sites is 3. The maximum absolute atomic E-state index is 13.4. The number of ether oxygens (including phenoxy) is 3. The molecule has 1 N–H and O–H groups in total. The van der Waals surface area contributed by atoms with Gasteiger partial charge in [0.25, 0.3) is 5.91 Å². The molecule has 0 unspecified atom stereocenters. The van der Waals surface area contributed by atoms with Gasteiger partial charge in [0.2, 0.25) is 11.8 Å². The molecule has 0 spiro atoms. The van der Waals surface area contributed by atoms with Gasteiger partial charge in [-0.3, -0.25) is 14.4 Å². The van der Waals surface area contributed by atoms with Crippen LogP contribution >= 0.6 is 0 Å². The van der Waals surface area contributed by atoms with Crippen LogP contribution in [0.25, 0.3) is 0 Å². The Morgan fingerprint density at radius 2 is 1.42 bits per heavy atom. The molecule has 3 rings (SSSR count). The number of carbonyl (C=O) groups is 4. The molecule has 4 amide bonds. The van der Waals surface area contributed by atoms with Gasteiger partial charge in [-0.2, -0.15) is 0 Å². The van der Waals surface area contributed by atoms with Crippen LogP contribution in [0.5, 0.6) is 11.5 Å². The summed E-state index contributed by atoms with van der Waals surface area (Å²) in [5, 5.41) is 2.45. The van der Waals surface area contributed by atoms with Gasteiger partial charge in [-0.25, -0.2) is 4.79 Å². The molecule has 0 fully saturated rings. The van der Waals surface area contributed by atoms with E-state index in [1.165, 1.54) is 21.8 Å². The molecule has 3 aromatic carbocycles. The molecule has 11 heteroatoms. The maximum atomic E-state index is 13.4. The summed E-state index contributed by atoms with van der Waals surface area (Å²) in [5.41, 5.74) is 0.835. The van der Waals surface area contributed by atoms with Crippen molar-refractivity contribution >= 4 is 40.9 Å². The number of carbonyl (C=O) groups excluding carboxylic acids is 4. The Labute approximate surface area is 251 Å². The Balaban J connectivity index is 1.78. The molecule has 11 nitrogen and oxygen atoms in total. The van der Waals surface area contributed by atoms with Crippen molar-refractivity contribution in [3.05, 3.63) is 78.9 Å². The third-order valence-electron chi connectivity index (χ3n) is 6.21. The highest BCUT2D eigenvalue weighted by atomic mass is 16.6. The van der Waals surface area contributed by atoms with E-state index < -0.39 is 24.1 Å². The minimum atomic E-state index is -0.761. The second kappa shape index (κ2) is 14.7. The molecular formula is C32H38N4O7. The SMILES string of the molecule is COc1ccccc1N(C)C(=O)COc1cccc(N(CC(=O)N(C)c2ccccc2)C(=O)CNC(=O)OC(C)(C)C)c1. The number of nitrogens with one attached hydrogen (secondary N) is 1. The second-order valence-electron chi connectivity index (χ2n) is 10.5. The quantitative estimate of drug-likeness (QED) is 0.355. The lowest BCUT2D eigenvalue weighted by Crippen LogP contribution is -2.46. The lowest BCUT2D eigenvalue weighted by Gasteiger charge is -2.26. The van der Waals surface area contributed by atoms with E-state index in [2.05, 4.69) is 5.32 Å². The maximum Gasteiger partial charge on any atom is 0.408 e. The first-order chi connectivity index (χ1) is 20.4. The molecular weight excluding hydrogens is 552 g/mol. The van der Waals surface area contributed by atoms with Crippen molar-refractivity contribution < 1.29 is 33.4 Å². The summed E-state index contributed by atoms with van der Waals surface area (Å²) < 4.78 is 16.3. The average molecular weight is 591 g/mol. The number of hydrogen-bond donors (Lipinski definition) is 1. The van der Waals surface area contributed by atoms with E-state index in [1.807, 2.05) is 6.07 Å². The number of likely N-dealkylation sites (N-methyl/N-ethyl adjacent to an activating group) is 2. The third kappa shape index (κ3) is 9.49. The Morgan fingerprint density at radius 3 is 2.09 bits per heavy atom. The van der Waals surface area contributed by atoms with Crippen LogP contribution in [0.3, 0.4) is 0 Å². The van der Waals surface area contributed by atoms with Gasteiger partial charge < -0.3 is 34.2 Å². The largest absolute Gasteiger partial charge is 0.495 e. The fourth-order valence-electron chi connectivity index (χ4n) is 3.94. The second-order valence-corrected chi connectivity index (χ2v) is 10.5. The molecule has 43 heavy (non-hydrogen) atoms. The number of benzene rings is 3. The van der Waals surface area contributed by atoms with Crippen LogP contribution in [0.1, 0.15) is 20.8 Å². The van der Waals surface area contributed by atoms with E-state index >= 15 is 0 Å². The van der Waals surface area contributed by atoms with Crippen LogP contribution < -0.4 is 29.5 Å². The first-order valence-electron chi connectivity index (χ1n) is 13.6. The summed E-state index contributed by atoms with van der Waals surface area (Å²) in [6, 6.07) is 22.6. The van der Waals surface area contributed by atoms with Crippen LogP contribution in [-0.4, -0.2) is 70.3 Å². The topological polar surface area (TPSA) is 118 Å². The molecule has 0 aromatic heterocycles. The summed E-state index contributed by atoms with van der Waals surface area (Å²) in [6.45, 7) is 4.11. The molecule has 0 radical (unpaired) electrons. The minimum Gasteiger partial charge on any atom is -0.495 e. The summed E-state index contributed by atoms with van der Waals surface area (Å²) in [4.78, 5) is 55.8. The van der Waals surface area contributed by atoms with Gasteiger partial charge in [0.15, 0.2) is 6.61 Å². The van der Waals surface area contributed by atoms with Crippen molar-refractivity contribution in [1.29, 1.82) is 0 Å². The smallest absolute Gasteiger partial charge is 0.408 e. The molecule has 0 aliphatic rings. The monoisotopic (exact) mass is 590 g/mol. The Bertz CT molecular complexity index is 1420. The number of amides is 4. The lowest BCUT2D eigenvalue weighted by atomic mass is 10.2. The molecule has 0 aliphatic carbocycles. The molecule has 0 atom stereocenters. The van der Waals surface area contributed by atoms with Gasteiger partial charge in [-0.15, -0.1) is 0 Å². The molecule has 0 aliphatic heterocycles. The van der Waals surface area contributed by atoms with Gasteiger partial charge in [0.05, 0.1) is 12.8 Å². The van der Waals surface area contributed by atoms with E-state index in [-0.39, 0.29) is 25.0 Å². The Kier molecular flexibility index (Phi) is 11.1. The molecule has 0 saturated heterocycles. The zero-order chi connectivity index (χ0) is 31.6. The van der Waals surface area contributed by atoms with Gasteiger partial charge >= 0.3 is 6.09 Å². The van der Waals surface area contributed by atoms with Crippen molar-refractivity contribution in [1.82, 2.24) is 5.32 Å². The Hall–Kier alpha value is -5.06. The number of hydrogen-bond acceptors (Lipinski definition) is 7. The summed E-state index contributed by atoms with van der Waals surface area (Å²) in [6.07, 6.45) is -0.761. The van der Waals surface area contributed by atoms with Gasteiger partial charge in [-0.1, -0.05) is 36.4 Å². The first-order valence-corrected chi connectivity index (χ1v) is 13.6. The predicted octanol–water partition coefficient (Wildman–Crippen LogP) is 4.26. The van der Waals surface area contributed by atoms with Crippen molar-refractivity contribution in [3.8, 4) is 11.5 Å². The normalized spacial score (nSPS) is 10.7. The molecule has 3 aromatic rings. The minimum absolute atomic E-state index is 0.290. The summed E-state index contributed by atoms with van der Waals surface area (Å²) >= 11 is 0. The van der Waals surface area contributed by atoms with Gasteiger partial charge in [0, 0.05) is 31.5 Å². The predicted molar refractivity (Wildman–Crippen MR) is 165 cm³/mol. The zero-order valence-electron chi connectivity index (χ0n) is 25.3. The number of anilines is 3.